The number of nitrogens with zero attached hydrogens (tertiary/aromatic N) is 3. The molecule has 0 radical (unpaired) electrons. The third-order valence-corrected chi connectivity index (χ3v) is 9.61. The van der Waals surface area contributed by atoms with Gasteiger partial charge in [0.05, 0.1) is 18.2 Å². The Bertz CT molecular complexity index is 1690. The Hall–Kier alpha value is -3.08. The third kappa shape index (κ3) is 7.19. The van der Waals surface area contributed by atoms with Crippen LogP contribution in [0.5, 0.6) is 5.75 Å². The number of Topliss-reactive ketones (excluding diaryl/α,β-unsaturated/α-hetero) is 1. The molecule has 1 N–H and O–H groups in total. The second-order valence-electron chi connectivity index (χ2n) is 10.2. The number of carbonyl (C=O) groups excluding carboxylic acids is 2. The maximum Gasteiger partial charge on any atom is 0.301 e. The summed E-state index contributed by atoms with van der Waals surface area (Å²) in [6.45, 7) is 4.74. The van der Waals surface area contributed by atoms with E-state index in [1.807, 2.05) is 12.1 Å². The van der Waals surface area contributed by atoms with Crippen LogP contribution in [-0.4, -0.2) is 33.6 Å². The van der Waals surface area contributed by atoms with Gasteiger partial charge < -0.3 is 9.84 Å². The molecule has 1 amide bonds. The number of amides is 1. The lowest BCUT2D eigenvalue weighted by atomic mass is 9.95. The zero-order chi connectivity index (χ0) is 30.7. The highest BCUT2D eigenvalue weighted by molar-refractivity contribution is 8.00. The summed E-state index contributed by atoms with van der Waals surface area (Å²) in [5, 5.41) is 21.7. The van der Waals surface area contributed by atoms with E-state index in [1.165, 1.54) is 28.0 Å². The number of aromatic nitrogens is 2. The van der Waals surface area contributed by atoms with Gasteiger partial charge in [0, 0.05) is 26.4 Å². The first-order valence-corrected chi connectivity index (χ1v) is 16.3. The predicted molar refractivity (Wildman–Crippen MR) is 174 cm³/mol. The number of carbonyl (C=O) groups is 2. The smallest absolute Gasteiger partial charge is 0.301 e. The van der Waals surface area contributed by atoms with Gasteiger partial charge in [-0.15, -0.1) is 10.2 Å². The fraction of sp³-hybridized carbons (Fsp3) is 0.226. The van der Waals surface area contributed by atoms with Crippen LogP contribution in [0.25, 0.3) is 5.76 Å². The number of ether oxygens (including phenoxy) is 1. The molecule has 0 bridgehead atoms. The molecule has 0 saturated carbocycles. The van der Waals surface area contributed by atoms with Crippen molar-refractivity contribution in [2.75, 3.05) is 11.5 Å². The summed E-state index contributed by atoms with van der Waals surface area (Å²) in [4.78, 5) is 28.4. The largest absolute Gasteiger partial charge is 0.507 e. The third-order valence-electron chi connectivity index (χ3n) is 6.67. The SMILES string of the molecule is CC(C)CCOc1cccc(C2C(=C(O)c3ccc(Cl)cc3)C(=O)C(=O)N2c2nnc(SCc3ccc(Cl)cc3Cl)s2)c1. The van der Waals surface area contributed by atoms with Crippen LogP contribution in [0.3, 0.4) is 0 Å². The number of hydrogen-bond acceptors (Lipinski definition) is 8. The Morgan fingerprint density at radius 3 is 2.49 bits per heavy atom. The van der Waals surface area contributed by atoms with Crippen LogP contribution in [0.2, 0.25) is 15.1 Å². The first-order chi connectivity index (χ1) is 20.6. The molecule has 3 aromatic carbocycles. The number of benzene rings is 3. The minimum Gasteiger partial charge on any atom is -0.507 e. The van der Waals surface area contributed by atoms with Gasteiger partial charge in [-0.3, -0.25) is 14.5 Å². The Kier molecular flexibility index (Phi) is 9.99. The van der Waals surface area contributed by atoms with Crippen molar-refractivity contribution in [2.45, 2.75) is 36.4 Å². The van der Waals surface area contributed by atoms with Crippen LogP contribution in [0.4, 0.5) is 5.13 Å². The van der Waals surface area contributed by atoms with Crippen LogP contribution in [0.1, 0.15) is 43.0 Å². The molecule has 5 rings (SSSR count). The molecule has 1 aliphatic heterocycles. The molecule has 1 aliphatic rings. The summed E-state index contributed by atoms with van der Waals surface area (Å²) in [5.74, 6) is -0.413. The molecule has 1 unspecified atom stereocenters. The molecule has 1 aromatic heterocycles. The molecule has 43 heavy (non-hydrogen) atoms. The summed E-state index contributed by atoms with van der Waals surface area (Å²) >= 11 is 20.9. The number of halogens is 3. The standard InChI is InChI=1S/C31H26Cl3N3O4S2/c1-17(2)12-13-41-23-5-3-4-19(14-23)26-25(27(38)18-6-9-21(32)10-7-18)28(39)29(40)37(26)30-35-36-31(43-30)42-16-20-8-11-22(33)15-24(20)34/h3-11,14-15,17,26,38H,12-13,16H2,1-2H3. The van der Waals surface area contributed by atoms with Crippen molar-refractivity contribution in [3.05, 3.63) is 104 Å². The van der Waals surface area contributed by atoms with Gasteiger partial charge in [-0.1, -0.05) is 89.9 Å². The molecule has 2 heterocycles. The van der Waals surface area contributed by atoms with Gasteiger partial charge >= 0.3 is 5.91 Å². The fourth-order valence-electron chi connectivity index (χ4n) is 4.43. The van der Waals surface area contributed by atoms with Crippen molar-refractivity contribution >= 4 is 80.5 Å². The van der Waals surface area contributed by atoms with Gasteiger partial charge in [-0.05, 0) is 72.0 Å². The molecule has 0 spiro atoms. The highest BCUT2D eigenvalue weighted by atomic mass is 35.5. The van der Waals surface area contributed by atoms with Gasteiger partial charge in [-0.25, -0.2) is 0 Å². The Morgan fingerprint density at radius 2 is 1.77 bits per heavy atom. The van der Waals surface area contributed by atoms with Gasteiger partial charge in [-0.2, -0.15) is 0 Å². The number of rotatable bonds is 10. The quantitative estimate of drug-likeness (QED) is 0.0591. The zero-order valence-corrected chi connectivity index (χ0v) is 27.0. The van der Waals surface area contributed by atoms with Crippen molar-refractivity contribution in [3.8, 4) is 5.75 Å². The van der Waals surface area contributed by atoms with Crippen LogP contribution in [0, 0.1) is 5.92 Å². The lowest BCUT2D eigenvalue weighted by molar-refractivity contribution is -0.132. The number of hydrogen-bond donors (Lipinski definition) is 1. The summed E-state index contributed by atoms with van der Waals surface area (Å²) in [7, 11) is 0. The molecule has 4 aromatic rings. The first-order valence-electron chi connectivity index (χ1n) is 13.3. The highest BCUT2D eigenvalue weighted by Crippen LogP contribution is 2.45. The molecule has 222 valence electrons. The van der Waals surface area contributed by atoms with Crippen LogP contribution in [-0.2, 0) is 15.3 Å². The Balaban J connectivity index is 1.52. The van der Waals surface area contributed by atoms with Crippen molar-refractivity contribution in [1.82, 2.24) is 10.2 Å². The van der Waals surface area contributed by atoms with E-state index in [4.69, 9.17) is 39.5 Å². The Morgan fingerprint density at radius 1 is 1.02 bits per heavy atom. The zero-order valence-electron chi connectivity index (χ0n) is 23.1. The van der Waals surface area contributed by atoms with E-state index in [9.17, 15) is 14.7 Å². The van der Waals surface area contributed by atoms with Gasteiger partial charge in [0.15, 0.2) is 4.34 Å². The lowest BCUT2D eigenvalue weighted by Gasteiger charge is -2.23. The number of anilines is 1. The number of aliphatic hydroxyl groups excluding tert-OH is 1. The monoisotopic (exact) mass is 673 g/mol. The van der Waals surface area contributed by atoms with Crippen LogP contribution in [0.15, 0.2) is 76.6 Å². The summed E-state index contributed by atoms with van der Waals surface area (Å²) in [6, 6.07) is 17.9. The maximum absolute atomic E-state index is 13.6. The fourth-order valence-corrected chi connectivity index (χ4v) is 6.98. The average molecular weight is 675 g/mol. The number of ketones is 1. The summed E-state index contributed by atoms with van der Waals surface area (Å²) in [5.41, 5.74) is 1.73. The topological polar surface area (TPSA) is 92.6 Å². The van der Waals surface area contributed by atoms with Crippen LogP contribution >= 0.6 is 57.9 Å². The second kappa shape index (κ2) is 13.7. The van der Waals surface area contributed by atoms with E-state index >= 15 is 0 Å². The predicted octanol–water partition coefficient (Wildman–Crippen LogP) is 8.84. The number of aliphatic hydroxyl groups is 1. The minimum atomic E-state index is -0.971. The Labute approximate surface area is 272 Å². The summed E-state index contributed by atoms with van der Waals surface area (Å²) < 4.78 is 6.55. The number of thioether (sulfide) groups is 1. The van der Waals surface area contributed by atoms with E-state index in [0.717, 1.165) is 12.0 Å². The molecular formula is C31H26Cl3N3O4S2. The van der Waals surface area contributed by atoms with E-state index in [1.54, 1.807) is 54.6 Å². The van der Waals surface area contributed by atoms with Crippen LogP contribution < -0.4 is 9.64 Å². The molecule has 12 heteroatoms. The minimum absolute atomic E-state index is 0.0657. The van der Waals surface area contributed by atoms with E-state index in [2.05, 4.69) is 24.0 Å². The van der Waals surface area contributed by atoms with Gasteiger partial charge in [0.2, 0.25) is 5.13 Å². The van der Waals surface area contributed by atoms with Crippen molar-refractivity contribution in [1.29, 1.82) is 0 Å². The highest BCUT2D eigenvalue weighted by Gasteiger charge is 2.48. The first kappa shape index (κ1) is 31.3. The van der Waals surface area contributed by atoms with E-state index in [-0.39, 0.29) is 16.5 Å². The van der Waals surface area contributed by atoms with E-state index in [0.29, 0.717) is 54.6 Å². The van der Waals surface area contributed by atoms with Gasteiger partial charge in [0.1, 0.15) is 11.5 Å². The van der Waals surface area contributed by atoms with Crippen molar-refractivity contribution < 1.29 is 19.4 Å². The normalized spacial score (nSPS) is 16.3. The molecule has 1 atom stereocenters. The molecule has 1 saturated heterocycles. The van der Waals surface area contributed by atoms with Crippen molar-refractivity contribution in [2.24, 2.45) is 5.92 Å². The molecule has 7 nitrogen and oxygen atoms in total. The second-order valence-corrected chi connectivity index (χ2v) is 13.6. The molecular weight excluding hydrogens is 649 g/mol. The average Bonchev–Trinajstić information content (AvgIpc) is 3.54. The van der Waals surface area contributed by atoms with E-state index < -0.39 is 17.7 Å². The van der Waals surface area contributed by atoms with Crippen molar-refractivity contribution in [3.63, 3.8) is 0 Å². The molecule has 1 fully saturated rings. The van der Waals surface area contributed by atoms with Gasteiger partial charge in [0.25, 0.3) is 5.78 Å². The maximum atomic E-state index is 13.6. The molecule has 0 aliphatic carbocycles. The summed E-state index contributed by atoms with van der Waals surface area (Å²) in [6.07, 6.45) is 0.867. The lowest BCUT2D eigenvalue weighted by Crippen LogP contribution is -2.29.